The second kappa shape index (κ2) is 3.25. The zero-order valence-electron chi connectivity index (χ0n) is 7.14. The van der Waals surface area contributed by atoms with Gasteiger partial charge in [0.15, 0.2) is 5.82 Å². The minimum absolute atomic E-state index is 0.0859. The summed E-state index contributed by atoms with van der Waals surface area (Å²) in [7, 11) is 0. The van der Waals surface area contributed by atoms with E-state index in [1.54, 1.807) is 12.3 Å². The molecular formula is C8H7N5O. The molecule has 3 N–H and O–H groups in total. The van der Waals surface area contributed by atoms with Gasteiger partial charge < -0.3 is 10.7 Å². The van der Waals surface area contributed by atoms with E-state index in [4.69, 9.17) is 5.73 Å². The van der Waals surface area contributed by atoms with Crippen LogP contribution in [0.2, 0.25) is 0 Å². The third-order valence-electron chi connectivity index (χ3n) is 1.65. The van der Waals surface area contributed by atoms with Crippen molar-refractivity contribution in [2.75, 3.05) is 5.73 Å². The quantitative estimate of drug-likeness (QED) is 0.647. The highest BCUT2D eigenvalue weighted by molar-refractivity contribution is 5.49. The van der Waals surface area contributed by atoms with Gasteiger partial charge in [-0.05, 0) is 6.07 Å². The van der Waals surface area contributed by atoms with Gasteiger partial charge in [-0.1, -0.05) is 0 Å². The van der Waals surface area contributed by atoms with Gasteiger partial charge in [0.1, 0.15) is 17.7 Å². The molecule has 0 aromatic carbocycles. The molecule has 0 saturated heterocycles. The van der Waals surface area contributed by atoms with Crippen LogP contribution in [0.4, 0.5) is 5.69 Å². The molecule has 0 unspecified atom stereocenters. The minimum Gasteiger partial charge on any atom is -0.393 e. The van der Waals surface area contributed by atoms with Gasteiger partial charge in [-0.2, -0.15) is 0 Å². The summed E-state index contributed by atoms with van der Waals surface area (Å²) >= 11 is 0. The van der Waals surface area contributed by atoms with Crippen molar-refractivity contribution in [1.29, 1.82) is 0 Å². The number of aromatic amines is 1. The lowest BCUT2D eigenvalue weighted by atomic mass is 10.4. The Morgan fingerprint density at radius 1 is 1.36 bits per heavy atom. The molecule has 0 bridgehead atoms. The van der Waals surface area contributed by atoms with Crippen LogP contribution >= 0.6 is 0 Å². The Balaban J connectivity index is 2.54. The second-order valence-electron chi connectivity index (χ2n) is 2.61. The lowest BCUT2D eigenvalue weighted by molar-refractivity contribution is 1.08. The van der Waals surface area contributed by atoms with Gasteiger partial charge >= 0.3 is 0 Å². The van der Waals surface area contributed by atoms with E-state index in [1.165, 1.54) is 12.5 Å². The van der Waals surface area contributed by atoms with E-state index in [0.29, 0.717) is 11.5 Å². The maximum Gasteiger partial charge on any atom is 0.274 e. The van der Waals surface area contributed by atoms with Crippen LogP contribution in [-0.4, -0.2) is 19.9 Å². The first kappa shape index (κ1) is 8.36. The summed E-state index contributed by atoms with van der Waals surface area (Å²) in [5.41, 5.74) is 5.60. The van der Waals surface area contributed by atoms with Crippen molar-refractivity contribution in [3.05, 3.63) is 35.1 Å². The molecule has 0 saturated carbocycles. The Hall–Kier alpha value is -2.24. The van der Waals surface area contributed by atoms with E-state index < -0.39 is 0 Å². The fourth-order valence-corrected chi connectivity index (χ4v) is 0.966. The fourth-order valence-electron chi connectivity index (χ4n) is 0.966. The molecule has 0 spiro atoms. The van der Waals surface area contributed by atoms with Crippen LogP contribution in [0.15, 0.2) is 29.6 Å². The van der Waals surface area contributed by atoms with Crippen molar-refractivity contribution in [3.63, 3.8) is 0 Å². The van der Waals surface area contributed by atoms with Crippen molar-refractivity contribution in [1.82, 2.24) is 19.9 Å². The van der Waals surface area contributed by atoms with Crippen LogP contribution in [0.3, 0.4) is 0 Å². The highest BCUT2D eigenvalue weighted by Gasteiger charge is 2.02. The Labute approximate surface area is 78.9 Å². The maximum absolute atomic E-state index is 11.1. The summed E-state index contributed by atoms with van der Waals surface area (Å²) in [5.74, 6) is 0.381. The molecule has 14 heavy (non-hydrogen) atoms. The average molecular weight is 189 g/mol. The van der Waals surface area contributed by atoms with Crippen LogP contribution in [0.1, 0.15) is 0 Å². The number of hydrogen-bond donors (Lipinski definition) is 2. The summed E-state index contributed by atoms with van der Waals surface area (Å²) in [6, 6.07) is 1.65. The van der Waals surface area contributed by atoms with Crippen LogP contribution in [0.5, 0.6) is 0 Å². The first-order chi connectivity index (χ1) is 6.77. The molecule has 0 radical (unpaired) electrons. The number of H-pyrrole nitrogens is 1. The smallest absolute Gasteiger partial charge is 0.274 e. The lowest BCUT2D eigenvalue weighted by Gasteiger charge is -1.98. The number of anilines is 1. The predicted octanol–water partition coefficient (Wildman–Crippen LogP) is -0.191. The molecule has 0 atom stereocenters. The van der Waals surface area contributed by atoms with Gasteiger partial charge in [-0.3, -0.25) is 4.79 Å². The third kappa shape index (κ3) is 1.45. The molecule has 0 aliphatic heterocycles. The summed E-state index contributed by atoms with van der Waals surface area (Å²) in [4.78, 5) is 25.3. The van der Waals surface area contributed by atoms with Crippen molar-refractivity contribution in [2.45, 2.75) is 0 Å². The topological polar surface area (TPSA) is 97.5 Å². The van der Waals surface area contributed by atoms with Crippen LogP contribution in [-0.2, 0) is 0 Å². The SMILES string of the molecule is Nc1cnc(-c2ccncn2)[nH]c1=O. The zero-order valence-corrected chi connectivity index (χ0v) is 7.14. The maximum atomic E-state index is 11.1. The van der Waals surface area contributed by atoms with E-state index in [0.717, 1.165) is 0 Å². The molecular weight excluding hydrogens is 182 g/mol. The first-order valence-corrected chi connectivity index (χ1v) is 3.88. The summed E-state index contributed by atoms with van der Waals surface area (Å²) in [6.07, 6.45) is 4.25. The fraction of sp³-hybridized carbons (Fsp3) is 0. The van der Waals surface area contributed by atoms with E-state index in [2.05, 4.69) is 19.9 Å². The van der Waals surface area contributed by atoms with Crippen molar-refractivity contribution >= 4 is 5.69 Å². The van der Waals surface area contributed by atoms with Crippen LogP contribution < -0.4 is 11.3 Å². The Kier molecular flexibility index (Phi) is 1.94. The van der Waals surface area contributed by atoms with Gasteiger partial charge in [-0.15, -0.1) is 0 Å². The molecule has 70 valence electrons. The molecule has 6 heteroatoms. The molecule has 0 amide bonds. The molecule has 0 aliphatic rings. The normalized spacial score (nSPS) is 10.0. The summed E-state index contributed by atoms with van der Waals surface area (Å²) < 4.78 is 0. The predicted molar refractivity (Wildman–Crippen MR) is 50.3 cm³/mol. The van der Waals surface area contributed by atoms with Gasteiger partial charge in [0.05, 0.1) is 6.20 Å². The number of nitrogens with zero attached hydrogens (tertiary/aromatic N) is 3. The third-order valence-corrected chi connectivity index (χ3v) is 1.65. The average Bonchev–Trinajstić information content (AvgIpc) is 2.23. The number of nitrogen functional groups attached to an aromatic ring is 1. The number of rotatable bonds is 1. The van der Waals surface area contributed by atoms with Gasteiger partial charge in [-0.25, -0.2) is 15.0 Å². The molecule has 2 aromatic heterocycles. The lowest BCUT2D eigenvalue weighted by Crippen LogP contribution is -2.13. The van der Waals surface area contributed by atoms with E-state index in [-0.39, 0.29) is 11.2 Å². The molecule has 6 nitrogen and oxygen atoms in total. The summed E-state index contributed by atoms with van der Waals surface area (Å²) in [6.45, 7) is 0. The molecule has 0 aliphatic carbocycles. The van der Waals surface area contributed by atoms with E-state index >= 15 is 0 Å². The van der Waals surface area contributed by atoms with Crippen molar-refractivity contribution in [3.8, 4) is 11.5 Å². The highest BCUT2D eigenvalue weighted by atomic mass is 16.1. The van der Waals surface area contributed by atoms with E-state index in [1.807, 2.05) is 0 Å². The first-order valence-electron chi connectivity index (χ1n) is 3.88. The number of nitrogens with one attached hydrogen (secondary N) is 1. The largest absolute Gasteiger partial charge is 0.393 e. The Morgan fingerprint density at radius 3 is 2.86 bits per heavy atom. The number of nitrogens with two attached hydrogens (primary N) is 1. The summed E-state index contributed by atoms with van der Waals surface area (Å²) in [5, 5.41) is 0. The van der Waals surface area contributed by atoms with Gasteiger partial charge in [0.2, 0.25) is 0 Å². The number of hydrogen-bond acceptors (Lipinski definition) is 5. The zero-order chi connectivity index (χ0) is 9.97. The Bertz CT molecular complexity index is 493. The minimum atomic E-state index is -0.367. The van der Waals surface area contributed by atoms with Crippen molar-refractivity contribution < 1.29 is 0 Å². The molecule has 2 aromatic rings. The molecule has 2 heterocycles. The monoisotopic (exact) mass is 189 g/mol. The Morgan fingerprint density at radius 2 is 2.21 bits per heavy atom. The van der Waals surface area contributed by atoms with Crippen LogP contribution in [0, 0.1) is 0 Å². The molecule has 2 rings (SSSR count). The van der Waals surface area contributed by atoms with E-state index in [9.17, 15) is 4.79 Å². The van der Waals surface area contributed by atoms with Crippen molar-refractivity contribution in [2.24, 2.45) is 0 Å². The van der Waals surface area contributed by atoms with Gasteiger partial charge in [0, 0.05) is 6.20 Å². The second-order valence-corrected chi connectivity index (χ2v) is 2.61. The standard InChI is InChI=1S/C8H7N5O/c9-5-3-11-7(13-8(5)14)6-1-2-10-4-12-6/h1-4H,9H2,(H,11,13,14). The number of aromatic nitrogens is 4. The molecule has 0 fully saturated rings. The highest BCUT2D eigenvalue weighted by Crippen LogP contribution is 2.06. The van der Waals surface area contributed by atoms with Gasteiger partial charge in [0.25, 0.3) is 5.56 Å². The van der Waals surface area contributed by atoms with Crippen LogP contribution in [0.25, 0.3) is 11.5 Å².